The highest BCUT2D eigenvalue weighted by Gasteiger charge is 2.35. The average molecular weight is 333 g/mol. The van der Waals surface area contributed by atoms with Crippen LogP contribution in [0.5, 0.6) is 0 Å². The van der Waals surface area contributed by atoms with Gasteiger partial charge in [-0.25, -0.2) is 4.99 Å². The van der Waals surface area contributed by atoms with E-state index in [2.05, 4.69) is 31.1 Å². The van der Waals surface area contributed by atoms with Gasteiger partial charge in [-0.1, -0.05) is 32.4 Å². The molecule has 6 heteroatoms. The van der Waals surface area contributed by atoms with E-state index in [1.165, 1.54) is 4.90 Å². The van der Waals surface area contributed by atoms with Gasteiger partial charge in [0.05, 0.1) is 11.7 Å². The van der Waals surface area contributed by atoms with Crippen LogP contribution in [-0.4, -0.2) is 17.8 Å². The van der Waals surface area contributed by atoms with Gasteiger partial charge in [-0.05, 0) is 36.6 Å². The van der Waals surface area contributed by atoms with Gasteiger partial charge in [-0.2, -0.15) is 0 Å². The zero-order valence-electron chi connectivity index (χ0n) is 13.4. The summed E-state index contributed by atoms with van der Waals surface area (Å²) in [6.45, 7) is 6.17. The van der Waals surface area contributed by atoms with E-state index < -0.39 is 6.04 Å². The Labute approximate surface area is 140 Å². The van der Waals surface area contributed by atoms with Crippen molar-refractivity contribution in [3.05, 3.63) is 40.8 Å². The van der Waals surface area contributed by atoms with Crippen molar-refractivity contribution in [2.45, 2.75) is 39.7 Å². The van der Waals surface area contributed by atoms with Crippen molar-refractivity contribution >= 4 is 29.1 Å². The Bertz CT molecular complexity index is 702. The first-order valence-electron chi connectivity index (χ1n) is 7.62. The standard InChI is InChI=1S/C17H20ClN3O2/c1-17(2,3)14-15(19-14)20-16(23)12-8-9-13(22)21(12)11-6-4-10(18)5-7-11/h4-7,12,19H,8-9H2,1-3H3,(H,20,23)/p-1. The average Bonchev–Trinajstić information content (AvgIpc) is 3.14. The number of carbonyl (C=O) groups is 1. The molecule has 0 saturated carbocycles. The summed E-state index contributed by atoms with van der Waals surface area (Å²) in [4.78, 5) is 17.9. The second-order valence-electron chi connectivity index (χ2n) is 6.84. The number of nitrogens with zero attached hydrogens (tertiary/aromatic N) is 2. The highest BCUT2D eigenvalue weighted by molar-refractivity contribution is 6.30. The summed E-state index contributed by atoms with van der Waals surface area (Å²) in [5, 5.41) is 16.2. The molecule has 1 atom stereocenters. The molecule has 1 N–H and O–H groups in total. The van der Waals surface area contributed by atoms with Crippen LogP contribution in [0.2, 0.25) is 5.02 Å². The molecule has 1 aromatic rings. The molecule has 0 bridgehead atoms. The third-order valence-corrected chi connectivity index (χ3v) is 4.24. The number of nitrogens with one attached hydrogen (secondary N) is 1. The van der Waals surface area contributed by atoms with E-state index in [1.54, 1.807) is 24.3 Å². The summed E-state index contributed by atoms with van der Waals surface area (Å²) >= 11 is 5.89. The van der Waals surface area contributed by atoms with E-state index in [-0.39, 0.29) is 17.2 Å². The molecule has 1 aromatic carbocycles. The zero-order valence-corrected chi connectivity index (χ0v) is 14.1. The van der Waals surface area contributed by atoms with E-state index in [0.717, 1.165) is 5.70 Å². The molecular weight excluding hydrogens is 314 g/mol. The molecule has 23 heavy (non-hydrogen) atoms. The number of hydrogen-bond donors (Lipinski definition) is 1. The molecule has 5 nitrogen and oxygen atoms in total. The number of hydrogen-bond acceptors (Lipinski definition) is 4. The number of benzene rings is 1. The summed E-state index contributed by atoms with van der Waals surface area (Å²) in [5.41, 5.74) is 1.60. The Morgan fingerprint density at radius 2 is 2.00 bits per heavy atom. The minimum absolute atomic E-state index is 0.0551. The molecule has 2 aliphatic heterocycles. The van der Waals surface area contributed by atoms with Crippen molar-refractivity contribution in [2.24, 2.45) is 10.4 Å². The lowest BCUT2D eigenvalue weighted by Gasteiger charge is -2.28. The zero-order chi connectivity index (χ0) is 16.8. The van der Waals surface area contributed by atoms with Crippen LogP contribution in [0.3, 0.4) is 0 Å². The largest absolute Gasteiger partial charge is 0.860 e. The maximum Gasteiger partial charge on any atom is 0.227 e. The Hall–Kier alpha value is -2.01. The number of halogens is 1. The number of anilines is 1. The normalized spacial score (nSPS) is 21.7. The maximum atomic E-state index is 12.5. The predicted octanol–water partition coefficient (Wildman–Crippen LogP) is 2.41. The minimum Gasteiger partial charge on any atom is -0.860 e. The van der Waals surface area contributed by atoms with Crippen LogP contribution < -0.4 is 15.3 Å². The molecule has 0 aromatic heterocycles. The number of aliphatic imine (C=N–C) groups is 1. The van der Waals surface area contributed by atoms with E-state index >= 15 is 0 Å². The minimum atomic E-state index is -0.542. The van der Waals surface area contributed by atoms with Crippen LogP contribution in [0.1, 0.15) is 33.6 Å². The van der Waals surface area contributed by atoms with Crippen LogP contribution in [0.4, 0.5) is 5.69 Å². The fourth-order valence-electron chi connectivity index (χ4n) is 2.74. The van der Waals surface area contributed by atoms with Crippen molar-refractivity contribution < 1.29 is 9.90 Å². The third kappa shape index (κ3) is 3.20. The van der Waals surface area contributed by atoms with Gasteiger partial charge >= 0.3 is 0 Å². The highest BCUT2D eigenvalue weighted by Crippen LogP contribution is 2.35. The summed E-state index contributed by atoms with van der Waals surface area (Å²) in [6.07, 6.45) is 0.842. The molecular formula is C17H19ClN3O2-. The van der Waals surface area contributed by atoms with E-state index in [0.29, 0.717) is 29.4 Å². The highest BCUT2D eigenvalue weighted by atomic mass is 35.5. The lowest BCUT2D eigenvalue weighted by Crippen LogP contribution is -2.44. The first kappa shape index (κ1) is 15.9. The molecule has 1 fully saturated rings. The number of carbonyl (C=O) groups excluding carboxylic acids is 1. The van der Waals surface area contributed by atoms with Crippen LogP contribution in [0, 0.1) is 5.41 Å². The molecule has 0 spiro atoms. The quantitative estimate of drug-likeness (QED) is 0.682. The molecule has 2 heterocycles. The van der Waals surface area contributed by atoms with Gasteiger partial charge in [0.25, 0.3) is 0 Å². The van der Waals surface area contributed by atoms with Gasteiger partial charge in [-0.3, -0.25) is 4.79 Å². The second kappa shape index (κ2) is 5.57. The molecule has 0 aliphatic carbocycles. The van der Waals surface area contributed by atoms with E-state index in [9.17, 15) is 9.90 Å². The molecule has 1 saturated heterocycles. The topological polar surface area (TPSA) is 77.7 Å². The van der Waals surface area contributed by atoms with Gasteiger partial charge in [0.15, 0.2) is 0 Å². The number of allylic oxidation sites excluding steroid dienone is 1. The molecule has 2 aliphatic rings. The van der Waals surface area contributed by atoms with Gasteiger partial charge in [-0.15, -0.1) is 0 Å². The first-order valence-corrected chi connectivity index (χ1v) is 8.00. The Morgan fingerprint density at radius 1 is 1.35 bits per heavy atom. The van der Waals surface area contributed by atoms with Gasteiger partial charge in [0, 0.05) is 22.5 Å². The fraction of sp³-hybridized carbons (Fsp3) is 0.412. The number of rotatable bonds is 3. The number of amides is 1. The fourth-order valence-corrected chi connectivity index (χ4v) is 2.87. The van der Waals surface area contributed by atoms with E-state index in [4.69, 9.17) is 11.6 Å². The maximum absolute atomic E-state index is 12.5. The van der Waals surface area contributed by atoms with Crippen LogP contribution >= 0.6 is 11.6 Å². The second-order valence-corrected chi connectivity index (χ2v) is 7.28. The predicted molar refractivity (Wildman–Crippen MR) is 89.0 cm³/mol. The van der Waals surface area contributed by atoms with Crippen LogP contribution in [0.25, 0.3) is 0 Å². The Kier molecular flexibility index (Phi) is 3.84. The van der Waals surface area contributed by atoms with Crippen molar-refractivity contribution in [1.29, 1.82) is 0 Å². The van der Waals surface area contributed by atoms with Crippen molar-refractivity contribution in [2.75, 3.05) is 4.90 Å². The Morgan fingerprint density at radius 3 is 2.57 bits per heavy atom. The van der Waals surface area contributed by atoms with Crippen molar-refractivity contribution in [3.8, 4) is 0 Å². The molecule has 1 amide bonds. The van der Waals surface area contributed by atoms with Gasteiger partial charge in [0.2, 0.25) is 5.91 Å². The summed E-state index contributed by atoms with van der Waals surface area (Å²) < 4.78 is 0. The van der Waals surface area contributed by atoms with Crippen molar-refractivity contribution in [1.82, 2.24) is 5.32 Å². The third-order valence-electron chi connectivity index (χ3n) is 3.99. The molecule has 0 radical (unpaired) electrons. The van der Waals surface area contributed by atoms with Crippen LogP contribution in [0.15, 0.2) is 40.8 Å². The summed E-state index contributed by atoms with van der Waals surface area (Å²) in [5.74, 6) is 0.292. The lowest BCUT2D eigenvalue weighted by atomic mass is 9.96. The lowest BCUT2D eigenvalue weighted by molar-refractivity contribution is -0.220. The summed E-state index contributed by atoms with van der Waals surface area (Å²) in [6, 6.07) is 6.38. The molecule has 1 unspecified atom stereocenters. The first-order chi connectivity index (χ1) is 10.8. The monoisotopic (exact) mass is 332 g/mol. The van der Waals surface area contributed by atoms with Gasteiger partial charge < -0.3 is 15.3 Å². The SMILES string of the molecule is CC(C)(C)C1=C(N=C([O-])C2CCC(=O)N2c2ccc(Cl)cc2)N1. The Balaban J connectivity index is 1.85. The van der Waals surface area contributed by atoms with E-state index in [1.807, 2.05) is 0 Å². The van der Waals surface area contributed by atoms with Crippen LogP contribution in [-0.2, 0) is 4.79 Å². The molecule has 3 rings (SSSR count). The summed E-state index contributed by atoms with van der Waals surface area (Å²) in [7, 11) is 0. The van der Waals surface area contributed by atoms with Gasteiger partial charge in [0.1, 0.15) is 5.82 Å². The smallest absolute Gasteiger partial charge is 0.227 e. The van der Waals surface area contributed by atoms with Crippen molar-refractivity contribution in [3.63, 3.8) is 0 Å². The molecule has 122 valence electrons.